The Morgan fingerprint density at radius 3 is 2.40 bits per heavy atom. The minimum atomic E-state index is -0.213. The first-order valence-electron chi connectivity index (χ1n) is 6.47. The van der Waals surface area contributed by atoms with Crippen LogP contribution in [-0.2, 0) is 9.63 Å². The zero-order chi connectivity index (χ0) is 13.8. The average Bonchev–Trinajstić information content (AvgIpc) is 2.99. The standard InChI is InChI=1S/C16H14N2O2/c19-16(17-13-9-5-2-6-10-13)14-11-15(20-18-14)12-7-3-1-4-8-12/h1-10,15H,11H2,(H,17,19). The molecule has 0 radical (unpaired) electrons. The SMILES string of the molecule is O=C(Nc1ccccc1)C1=NOC(c2ccccc2)C1. The summed E-state index contributed by atoms with van der Waals surface area (Å²) in [6.07, 6.45) is 0.315. The summed E-state index contributed by atoms with van der Waals surface area (Å²) in [7, 11) is 0. The highest BCUT2D eigenvalue weighted by atomic mass is 16.6. The minimum absolute atomic E-state index is 0.173. The third-order valence-electron chi connectivity index (χ3n) is 3.13. The number of para-hydroxylation sites is 1. The number of nitrogens with one attached hydrogen (secondary N) is 1. The summed E-state index contributed by atoms with van der Waals surface area (Å²) < 4.78 is 0. The number of hydrogen-bond donors (Lipinski definition) is 1. The summed E-state index contributed by atoms with van der Waals surface area (Å²) in [5.74, 6) is -0.213. The second-order valence-corrected chi connectivity index (χ2v) is 4.57. The molecule has 0 spiro atoms. The van der Waals surface area contributed by atoms with Crippen LogP contribution in [-0.4, -0.2) is 11.6 Å². The van der Waals surface area contributed by atoms with Crippen LogP contribution in [0.15, 0.2) is 65.8 Å². The van der Waals surface area contributed by atoms with Gasteiger partial charge in [-0.25, -0.2) is 0 Å². The van der Waals surface area contributed by atoms with Crippen molar-refractivity contribution in [2.24, 2.45) is 5.16 Å². The van der Waals surface area contributed by atoms with E-state index in [1.165, 1.54) is 0 Å². The largest absolute Gasteiger partial charge is 0.387 e. The lowest BCUT2D eigenvalue weighted by Gasteiger charge is -2.07. The summed E-state index contributed by atoms with van der Waals surface area (Å²) in [6.45, 7) is 0. The molecule has 100 valence electrons. The van der Waals surface area contributed by atoms with Crippen molar-refractivity contribution in [3.05, 3.63) is 66.2 Å². The van der Waals surface area contributed by atoms with Gasteiger partial charge in [0.15, 0.2) is 6.10 Å². The number of oxime groups is 1. The molecule has 0 aliphatic carbocycles. The van der Waals surface area contributed by atoms with Crippen molar-refractivity contribution < 1.29 is 9.63 Å². The van der Waals surface area contributed by atoms with Crippen molar-refractivity contribution in [2.45, 2.75) is 12.5 Å². The molecule has 1 heterocycles. The van der Waals surface area contributed by atoms with E-state index in [1.807, 2.05) is 60.7 Å². The van der Waals surface area contributed by atoms with Gasteiger partial charge in [-0.15, -0.1) is 0 Å². The number of rotatable bonds is 3. The van der Waals surface area contributed by atoms with Gasteiger partial charge in [-0.1, -0.05) is 53.7 Å². The fourth-order valence-corrected chi connectivity index (χ4v) is 2.08. The highest BCUT2D eigenvalue weighted by molar-refractivity contribution is 6.43. The lowest BCUT2D eigenvalue weighted by atomic mass is 10.0. The van der Waals surface area contributed by atoms with E-state index in [-0.39, 0.29) is 12.0 Å². The van der Waals surface area contributed by atoms with E-state index >= 15 is 0 Å². The Balaban J connectivity index is 1.64. The maximum Gasteiger partial charge on any atom is 0.273 e. The van der Waals surface area contributed by atoms with E-state index in [2.05, 4.69) is 10.5 Å². The predicted molar refractivity (Wildman–Crippen MR) is 77.4 cm³/mol. The van der Waals surface area contributed by atoms with Crippen LogP contribution in [0.1, 0.15) is 18.1 Å². The minimum Gasteiger partial charge on any atom is -0.387 e. The first-order valence-corrected chi connectivity index (χ1v) is 6.47. The fourth-order valence-electron chi connectivity index (χ4n) is 2.08. The van der Waals surface area contributed by atoms with Gasteiger partial charge >= 0.3 is 0 Å². The Kier molecular flexibility index (Phi) is 3.46. The highest BCUT2D eigenvalue weighted by Gasteiger charge is 2.27. The van der Waals surface area contributed by atoms with Gasteiger partial charge in [0.2, 0.25) is 0 Å². The van der Waals surface area contributed by atoms with Crippen LogP contribution in [0.2, 0.25) is 0 Å². The van der Waals surface area contributed by atoms with E-state index in [9.17, 15) is 4.79 Å². The van der Waals surface area contributed by atoms with E-state index in [0.717, 1.165) is 11.3 Å². The molecule has 0 bridgehead atoms. The first-order chi connectivity index (χ1) is 9.83. The quantitative estimate of drug-likeness (QED) is 0.927. The summed E-state index contributed by atoms with van der Waals surface area (Å²) in [5, 5.41) is 6.70. The Morgan fingerprint density at radius 2 is 1.70 bits per heavy atom. The number of carbonyl (C=O) groups is 1. The van der Waals surface area contributed by atoms with Crippen LogP contribution in [0.4, 0.5) is 5.69 Å². The van der Waals surface area contributed by atoms with Crippen molar-refractivity contribution in [3.8, 4) is 0 Å². The molecular weight excluding hydrogens is 252 g/mol. The van der Waals surface area contributed by atoms with Gasteiger partial charge < -0.3 is 10.2 Å². The molecule has 1 unspecified atom stereocenters. The van der Waals surface area contributed by atoms with Crippen LogP contribution < -0.4 is 5.32 Å². The third-order valence-corrected chi connectivity index (χ3v) is 3.13. The van der Waals surface area contributed by atoms with Gasteiger partial charge in [-0.2, -0.15) is 0 Å². The van der Waals surface area contributed by atoms with Crippen molar-refractivity contribution in [1.29, 1.82) is 0 Å². The number of benzene rings is 2. The van der Waals surface area contributed by atoms with E-state index in [0.29, 0.717) is 12.1 Å². The maximum atomic E-state index is 12.1. The molecule has 2 aromatic rings. The number of anilines is 1. The van der Waals surface area contributed by atoms with Crippen LogP contribution in [0, 0.1) is 0 Å². The molecule has 0 aromatic heterocycles. The molecule has 4 nitrogen and oxygen atoms in total. The van der Waals surface area contributed by atoms with Crippen LogP contribution in [0.25, 0.3) is 0 Å². The Morgan fingerprint density at radius 1 is 1.05 bits per heavy atom. The highest BCUT2D eigenvalue weighted by Crippen LogP contribution is 2.27. The van der Waals surface area contributed by atoms with E-state index in [4.69, 9.17) is 4.84 Å². The number of nitrogens with zero attached hydrogens (tertiary/aromatic N) is 1. The van der Waals surface area contributed by atoms with Crippen LogP contribution in [0.5, 0.6) is 0 Å². The lowest BCUT2D eigenvalue weighted by molar-refractivity contribution is -0.110. The second-order valence-electron chi connectivity index (χ2n) is 4.57. The van der Waals surface area contributed by atoms with Crippen molar-refractivity contribution in [3.63, 3.8) is 0 Å². The zero-order valence-corrected chi connectivity index (χ0v) is 10.8. The number of carbonyl (C=O) groups excluding carboxylic acids is 1. The maximum absolute atomic E-state index is 12.1. The molecule has 0 saturated carbocycles. The molecule has 1 N–H and O–H groups in total. The lowest BCUT2D eigenvalue weighted by Crippen LogP contribution is -2.21. The van der Waals surface area contributed by atoms with Crippen molar-refractivity contribution >= 4 is 17.3 Å². The third kappa shape index (κ3) is 2.69. The molecular formula is C16H14N2O2. The summed E-state index contributed by atoms with van der Waals surface area (Å²) in [5.41, 5.74) is 2.20. The molecule has 0 fully saturated rings. The first kappa shape index (κ1) is 12.4. The van der Waals surface area contributed by atoms with Crippen molar-refractivity contribution in [1.82, 2.24) is 0 Å². The van der Waals surface area contributed by atoms with Gasteiger partial charge in [0.25, 0.3) is 5.91 Å². The topological polar surface area (TPSA) is 50.7 Å². The molecule has 1 amide bonds. The molecule has 3 rings (SSSR count). The molecule has 0 saturated heterocycles. The summed E-state index contributed by atoms with van der Waals surface area (Å²) in [4.78, 5) is 17.4. The number of hydrogen-bond acceptors (Lipinski definition) is 3. The van der Waals surface area contributed by atoms with Crippen molar-refractivity contribution in [2.75, 3.05) is 5.32 Å². The summed E-state index contributed by atoms with van der Waals surface area (Å²) in [6, 6.07) is 19.1. The van der Waals surface area contributed by atoms with Gasteiger partial charge in [-0.3, -0.25) is 4.79 Å². The summed E-state index contributed by atoms with van der Waals surface area (Å²) >= 11 is 0. The average molecular weight is 266 g/mol. The fraction of sp³-hybridized carbons (Fsp3) is 0.125. The van der Waals surface area contributed by atoms with Gasteiger partial charge in [-0.05, 0) is 17.7 Å². The van der Waals surface area contributed by atoms with Gasteiger partial charge in [0, 0.05) is 12.1 Å². The molecule has 2 aromatic carbocycles. The van der Waals surface area contributed by atoms with E-state index < -0.39 is 0 Å². The number of amides is 1. The molecule has 1 aliphatic heterocycles. The molecule has 1 atom stereocenters. The molecule has 20 heavy (non-hydrogen) atoms. The van der Waals surface area contributed by atoms with E-state index in [1.54, 1.807) is 0 Å². The second kappa shape index (κ2) is 5.57. The predicted octanol–water partition coefficient (Wildman–Crippen LogP) is 3.14. The molecule has 4 heteroatoms. The normalized spacial score (nSPS) is 17.2. The monoisotopic (exact) mass is 266 g/mol. The van der Waals surface area contributed by atoms with Gasteiger partial charge in [0.05, 0.1) is 0 Å². The smallest absolute Gasteiger partial charge is 0.273 e. The Hall–Kier alpha value is -2.62. The van der Waals surface area contributed by atoms with Crippen LogP contribution in [0.3, 0.4) is 0 Å². The Labute approximate surface area is 117 Å². The molecule has 1 aliphatic rings. The Bertz CT molecular complexity index is 623. The zero-order valence-electron chi connectivity index (χ0n) is 10.8. The van der Waals surface area contributed by atoms with Gasteiger partial charge in [0.1, 0.15) is 5.71 Å². The van der Waals surface area contributed by atoms with Crippen LogP contribution >= 0.6 is 0 Å².